The summed E-state index contributed by atoms with van der Waals surface area (Å²) in [7, 11) is 0. The monoisotopic (exact) mass is 307 g/mol. The van der Waals surface area contributed by atoms with Gasteiger partial charge in [0, 0.05) is 18.5 Å². The Kier molecular flexibility index (Phi) is 2.79. The van der Waals surface area contributed by atoms with E-state index in [4.69, 9.17) is 4.42 Å². The Balaban J connectivity index is 2.06. The van der Waals surface area contributed by atoms with Crippen molar-refractivity contribution in [1.29, 1.82) is 0 Å². The molecule has 0 saturated carbocycles. The van der Waals surface area contributed by atoms with Crippen molar-refractivity contribution in [2.24, 2.45) is 0 Å². The van der Waals surface area contributed by atoms with Crippen molar-refractivity contribution in [2.45, 2.75) is 19.0 Å². The van der Waals surface area contributed by atoms with Gasteiger partial charge in [0.05, 0.1) is 0 Å². The highest BCUT2D eigenvalue weighted by molar-refractivity contribution is 6.05. The second kappa shape index (κ2) is 4.59. The van der Waals surface area contributed by atoms with E-state index in [1.807, 2.05) is 4.90 Å². The molecule has 7 heteroatoms. The Morgan fingerprint density at radius 1 is 1.05 bits per heavy atom. The van der Waals surface area contributed by atoms with Crippen LogP contribution in [0.1, 0.15) is 18.7 Å². The van der Waals surface area contributed by atoms with Crippen LogP contribution in [0.4, 0.5) is 19.0 Å². The molecule has 22 heavy (non-hydrogen) atoms. The summed E-state index contributed by atoms with van der Waals surface area (Å²) in [4.78, 5) is 9.29. The molecule has 0 spiro atoms. The number of fused-ring (bicyclic) bond motifs is 3. The molecule has 0 N–H and O–H groups in total. The van der Waals surface area contributed by atoms with Crippen molar-refractivity contribution >= 4 is 27.9 Å². The molecule has 1 saturated heterocycles. The highest BCUT2D eigenvalue weighted by Gasteiger charge is 2.37. The Bertz CT molecular complexity index is 850. The van der Waals surface area contributed by atoms with E-state index in [1.165, 1.54) is 0 Å². The smallest absolute Gasteiger partial charge is 0.450 e. The summed E-state index contributed by atoms with van der Waals surface area (Å²) in [6, 6.07) is 6.96. The standard InChI is InChI=1S/C15H12F3N3O/c16-15(17,18)14-19-11-9-5-1-2-6-10(9)22-12(11)13(20-14)21-7-3-4-8-21/h1-2,5-6H,3-4,7-8H2. The first kappa shape index (κ1) is 13.4. The molecule has 1 aromatic carbocycles. The number of benzene rings is 1. The van der Waals surface area contributed by atoms with Gasteiger partial charge in [0.15, 0.2) is 11.4 Å². The highest BCUT2D eigenvalue weighted by Crippen LogP contribution is 2.37. The fourth-order valence-electron chi connectivity index (χ4n) is 2.85. The first-order valence-corrected chi connectivity index (χ1v) is 7.05. The van der Waals surface area contributed by atoms with Crippen LogP contribution in [-0.4, -0.2) is 23.1 Å². The Hall–Kier alpha value is -2.31. The van der Waals surface area contributed by atoms with Gasteiger partial charge in [-0.3, -0.25) is 0 Å². The van der Waals surface area contributed by atoms with Crippen LogP contribution in [0, 0.1) is 0 Å². The molecular formula is C15H12F3N3O. The minimum Gasteiger partial charge on any atom is -0.450 e. The minimum atomic E-state index is -4.58. The number of hydrogen-bond donors (Lipinski definition) is 0. The van der Waals surface area contributed by atoms with Crippen molar-refractivity contribution in [3.63, 3.8) is 0 Å². The van der Waals surface area contributed by atoms with Crippen LogP contribution in [0.2, 0.25) is 0 Å². The number of anilines is 1. The van der Waals surface area contributed by atoms with Crippen molar-refractivity contribution in [1.82, 2.24) is 9.97 Å². The highest BCUT2D eigenvalue weighted by atomic mass is 19.4. The van der Waals surface area contributed by atoms with E-state index in [-0.39, 0.29) is 11.3 Å². The summed E-state index contributed by atoms with van der Waals surface area (Å²) in [6.07, 6.45) is -2.71. The number of hydrogen-bond acceptors (Lipinski definition) is 4. The number of halogens is 3. The van der Waals surface area contributed by atoms with E-state index in [1.54, 1.807) is 24.3 Å². The van der Waals surface area contributed by atoms with Gasteiger partial charge in [0.25, 0.3) is 0 Å². The van der Waals surface area contributed by atoms with E-state index >= 15 is 0 Å². The maximum atomic E-state index is 13.1. The first-order valence-electron chi connectivity index (χ1n) is 7.05. The van der Waals surface area contributed by atoms with Gasteiger partial charge in [-0.2, -0.15) is 13.2 Å². The van der Waals surface area contributed by atoms with Gasteiger partial charge in [0.2, 0.25) is 5.82 Å². The summed E-state index contributed by atoms with van der Waals surface area (Å²) in [5, 5.41) is 0.575. The fraction of sp³-hybridized carbons (Fsp3) is 0.333. The van der Waals surface area contributed by atoms with Gasteiger partial charge in [-0.05, 0) is 25.0 Å². The van der Waals surface area contributed by atoms with Gasteiger partial charge in [-0.25, -0.2) is 9.97 Å². The van der Waals surface area contributed by atoms with Crippen molar-refractivity contribution in [3.8, 4) is 0 Å². The zero-order valence-electron chi connectivity index (χ0n) is 11.5. The van der Waals surface area contributed by atoms with E-state index in [9.17, 15) is 13.2 Å². The predicted octanol–water partition coefficient (Wildman–Crippen LogP) is 4.00. The quantitative estimate of drug-likeness (QED) is 0.681. The number of rotatable bonds is 1. The molecule has 1 aliphatic heterocycles. The Morgan fingerprint density at radius 2 is 1.77 bits per heavy atom. The third-order valence-corrected chi connectivity index (χ3v) is 3.86. The van der Waals surface area contributed by atoms with Crippen LogP contribution >= 0.6 is 0 Å². The maximum absolute atomic E-state index is 13.1. The third-order valence-electron chi connectivity index (χ3n) is 3.86. The van der Waals surface area contributed by atoms with Gasteiger partial charge in [0.1, 0.15) is 11.1 Å². The lowest BCUT2D eigenvalue weighted by atomic mass is 10.2. The molecule has 1 aliphatic rings. The fourth-order valence-corrected chi connectivity index (χ4v) is 2.85. The molecule has 3 heterocycles. The third kappa shape index (κ3) is 2.00. The zero-order chi connectivity index (χ0) is 15.3. The molecule has 0 amide bonds. The number of furan rings is 1. The van der Waals surface area contributed by atoms with Gasteiger partial charge >= 0.3 is 6.18 Å². The molecule has 4 rings (SSSR count). The second-order valence-corrected chi connectivity index (χ2v) is 5.34. The molecule has 0 radical (unpaired) electrons. The summed E-state index contributed by atoms with van der Waals surface area (Å²) in [5.41, 5.74) is 1.07. The van der Waals surface area contributed by atoms with E-state index in [2.05, 4.69) is 9.97 Å². The Labute approximate surface area is 123 Å². The molecule has 0 bridgehead atoms. The average molecular weight is 307 g/mol. The van der Waals surface area contributed by atoms with Gasteiger partial charge < -0.3 is 9.32 Å². The lowest BCUT2D eigenvalue weighted by Crippen LogP contribution is -2.22. The summed E-state index contributed by atoms with van der Waals surface area (Å²) in [6.45, 7) is 1.36. The largest absolute Gasteiger partial charge is 0.451 e. The number of aromatic nitrogens is 2. The molecular weight excluding hydrogens is 295 g/mol. The summed E-state index contributed by atoms with van der Waals surface area (Å²) < 4.78 is 45.1. The molecule has 2 aromatic heterocycles. The lowest BCUT2D eigenvalue weighted by Gasteiger charge is -2.17. The van der Waals surface area contributed by atoms with Crippen molar-refractivity contribution in [2.75, 3.05) is 18.0 Å². The van der Waals surface area contributed by atoms with Crippen LogP contribution in [0.3, 0.4) is 0 Å². The minimum absolute atomic E-state index is 0.222. The maximum Gasteiger partial charge on any atom is 0.451 e. The molecule has 0 atom stereocenters. The molecule has 114 valence electrons. The van der Waals surface area contributed by atoms with E-state index in [0.717, 1.165) is 12.8 Å². The van der Waals surface area contributed by atoms with Gasteiger partial charge in [-0.1, -0.05) is 12.1 Å². The predicted molar refractivity (Wildman–Crippen MR) is 75.8 cm³/mol. The molecule has 3 aromatic rings. The second-order valence-electron chi connectivity index (χ2n) is 5.34. The Morgan fingerprint density at radius 3 is 2.50 bits per heavy atom. The van der Waals surface area contributed by atoms with Crippen molar-refractivity contribution in [3.05, 3.63) is 30.1 Å². The van der Waals surface area contributed by atoms with E-state index < -0.39 is 12.0 Å². The zero-order valence-corrected chi connectivity index (χ0v) is 11.5. The number of nitrogens with zero attached hydrogens (tertiary/aromatic N) is 3. The molecule has 4 nitrogen and oxygen atoms in total. The van der Waals surface area contributed by atoms with E-state index in [0.29, 0.717) is 29.6 Å². The SMILES string of the molecule is FC(F)(F)c1nc(N2CCCC2)c2oc3ccccc3c2n1. The normalized spacial score (nSPS) is 16.0. The summed E-state index contributed by atoms with van der Waals surface area (Å²) in [5.74, 6) is -0.875. The topological polar surface area (TPSA) is 42.2 Å². The average Bonchev–Trinajstić information content (AvgIpc) is 3.12. The molecule has 0 unspecified atom stereocenters. The molecule has 1 fully saturated rings. The van der Waals surface area contributed by atoms with Crippen LogP contribution < -0.4 is 4.90 Å². The van der Waals surface area contributed by atoms with Crippen LogP contribution in [-0.2, 0) is 6.18 Å². The summed E-state index contributed by atoms with van der Waals surface area (Å²) >= 11 is 0. The van der Waals surface area contributed by atoms with Crippen LogP contribution in [0.15, 0.2) is 28.7 Å². The molecule has 0 aliphatic carbocycles. The van der Waals surface area contributed by atoms with Crippen molar-refractivity contribution < 1.29 is 17.6 Å². The first-order chi connectivity index (χ1) is 10.5. The lowest BCUT2D eigenvalue weighted by molar-refractivity contribution is -0.144. The van der Waals surface area contributed by atoms with Crippen LogP contribution in [0.5, 0.6) is 0 Å². The number of alkyl halides is 3. The van der Waals surface area contributed by atoms with Crippen LogP contribution in [0.25, 0.3) is 22.1 Å². The number of para-hydroxylation sites is 1. The van der Waals surface area contributed by atoms with Gasteiger partial charge in [-0.15, -0.1) is 0 Å².